The normalized spacial score (nSPS) is 21.3. The van der Waals surface area contributed by atoms with Gasteiger partial charge in [-0.15, -0.1) is 0 Å². The van der Waals surface area contributed by atoms with Crippen LogP contribution in [0, 0.1) is 0 Å². The zero-order valence-corrected chi connectivity index (χ0v) is 18.8. The lowest BCUT2D eigenvalue weighted by Crippen LogP contribution is -2.59. The maximum absolute atomic E-state index is 12.9. The molecule has 2 aromatic carbocycles. The van der Waals surface area contributed by atoms with Crippen molar-refractivity contribution in [2.75, 3.05) is 13.1 Å². The van der Waals surface area contributed by atoms with Crippen molar-refractivity contribution in [3.63, 3.8) is 0 Å². The molecule has 0 radical (unpaired) electrons. The summed E-state index contributed by atoms with van der Waals surface area (Å²) in [4.78, 5) is 34.6. The first-order valence-electron chi connectivity index (χ1n) is 10.9. The lowest BCUT2D eigenvalue weighted by atomic mass is 10.1. The number of amides is 2. The van der Waals surface area contributed by atoms with Crippen molar-refractivity contribution < 1.29 is 18.0 Å². The number of hydrogen-bond donors (Lipinski definition) is 2. The Kier molecular flexibility index (Phi) is 5.63. The highest BCUT2D eigenvalue weighted by molar-refractivity contribution is 7.88. The molecule has 0 bridgehead atoms. The summed E-state index contributed by atoms with van der Waals surface area (Å²) in [5.41, 5.74) is 3.36. The number of aromatic amines is 1. The van der Waals surface area contributed by atoms with Crippen molar-refractivity contribution >= 4 is 32.9 Å². The third kappa shape index (κ3) is 4.36. The second-order valence-corrected chi connectivity index (χ2v) is 10.5. The maximum Gasteiger partial charge on any atom is 0.243 e. The lowest BCUT2D eigenvalue weighted by Gasteiger charge is -2.38. The van der Waals surface area contributed by atoms with Gasteiger partial charge in [-0.2, -0.15) is 4.31 Å². The molecule has 3 aromatic rings. The summed E-state index contributed by atoms with van der Waals surface area (Å²) in [7, 11) is -3.63. The molecule has 2 atom stereocenters. The van der Waals surface area contributed by atoms with E-state index in [9.17, 15) is 18.0 Å². The monoisotopic (exact) mass is 467 g/mol. The van der Waals surface area contributed by atoms with Gasteiger partial charge in [0.2, 0.25) is 21.8 Å². The Hall–Kier alpha value is -3.24. The number of aromatic nitrogens is 2. The van der Waals surface area contributed by atoms with Crippen LogP contribution in [0.25, 0.3) is 11.0 Å². The van der Waals surface area contributed by atoms with Gasteiger partial charge in [-0.1, -0.05) is 36.4 Å². The number of fused-ring (bicyclic) bond motifs is 2. The summed E-state index contributed by atoms with van der Waals surface area (Å²) in [6.45, 7) is 0.335. The van der Waals surface area contributed by atoms with Crippen molar-refractivity contribution in [2.45, 2.75) is 37.2 Å². The number of hydrogen-bond acceptors (Lipinski definition) is 5. The zero-order valence-electron chi connectivity index (χ0n) is 18.0. The molecule has 9 nitrogen and oxygen atoms in total. The summed E-state index contributed by atoms with van der Waals surface area (Å²) in [6, 6.07) is 13.8. The highest BCUT2D eigenvalue weighted by Crippen LogP contribution is 2.30. The molecule has 33 heavy (non-hydrogen) atoms. The number of benzene rings is 2. The largest absolute Gasteiger partial charge is 0.350 e. The van der Waals surface area contributed by atoms with Gasteiger partial charge in [0, 0.05) is 19.1 Å². The van der Waals surface area contributed by atoms with Gasteiger partial charge in [0.1, 0.15) is 6.04 Å². The standard InChI is InChI=1S/C23H25N5O4S/c29-22-13-27(33(31,32)14-16-4-2-1-3-5-16)12-18-7-9-21(28(18)22)23(30)24-11-17-6-8-19-20(10-17)26-15-25-19/h1-6,8,10,15,18,21H,7,9,11-14H2,(H,24,30)(H,25,26)/t18-,21-/m0/s1. The third-order valence-corrected chi connectivity index (χ3v) is 8.12. The molecule has 1 aromatic heterocycles. The van der Waals surface area contributed by atoms with E-state index in [1.165, 1.54) is 4.31 Å². The molecule has 5 rings (SSSR count). The molecule has 0 unspecified atom stereocenters. The second kappa shape index (κ2) is 8.60. The fourth-order valence-corrected chi connectivity index (χ4v) is 6.22. The van der Waals surface area contributed by atoms with Crippen LogP contribution in [0.2, 0.25) is 0 Å². The number of sulfonamides is 1. The molecule has 2 aliphatic heterocycles. The molecule has 2 fully saturated rings. The van der Waals surface area contributed by atoms with E-state index in [1.807, 2.05) is 24.3 Å². The molecule has 172 valence electrons. The summed E-state index contributed by atoms with van der Waals surface area (Å²) < 4.78 is 27.1. The van der Waals surface area contributed by atoms with Crippen LogP contribution in [0.5, 0.6) is 0 Å². The highest BCUT2D eigenvalue weighted by Gasteiger charge is 2.46. The summed E-state index contributed by atoms with van der Waals surface area (Å²) in [5, 5.41) is 2.93. The highest BCUT2D eigenvalue weighted by atomic mass is 32.2. The van der Waals surface area contributed by atoms with Gasteiger partial charge >= 0.3 is 0 Å². The van der Waals surface area contributed by atoms with Gasteiger partial charge in [0.25, 0.3) is 0 Å². The maximum atomic E-state index is 12.9. The van der Waals surface area contributed by atoms with Crippen LogP contribution in [-0.2, 0) is 31.9 Å². The van der Waals surface area contributed by atoms with Crippen LogP contribution < -0.4 is 5.32 Å². The molecule has 10 heteroatoms. The molecule has 2 N–H and O–H groups in total. The molecule has 3 heterocycles. The van der Waals surface area contributed by atoms with Crippen molar-refractivity contribution in [3.05, 3.63) is 66.0 Å². The number of piperazine rings is 1. The molecule has 0 aliphatic carbocycles. The van der Waals surface area contributed by atoms with Crippen molar-refractivity contribution in [1.29, 1.82) is 0 Å². The van der Waals surface area contributed by atoms with Crippen LogP contribution in [0.3, 0.4) is 0 Å². The zero-order chi connectivity index (χ0) is 23.0. The fraction of sp³-hybridized carbons (Fsp3) is 0.348. The summed E-state index contributed by atoms with van der Waals surface area (Å²) in [5.74, 6) is -0.672. The number of nitrogens with one attached hydrogen (secondary N) is 2. The molecule has 0 spiro atoms. The van der Waals surface area contributed by atoms with Gasteiger partial charge in [0.15, 0.2) is 0 Å². The van der Waals surface area contributed by atoms with E-state index in [-0.39, 0.29) is 36.7 Å². The van der Waals surface area contributed by atoms with Crippen LogP contribution in [0.15, 0.2) is 54.9 Å². The van der Waals surface area contributed by atoms with Gasteiger partial charge in [-0.05, 0) is 36.1 Å². The third-order valence-electron chi connectivity index (χ3n) is 6.36. The Morgan fingerprint density at radius 3 is 2.76 bits per heavy atom. The SMILES string of the molecule is O=C(NCc1ccc2nc[nH]c2c1)[C@@H]1CC[C@H]2CN(S(=O)(=O)Cc3ccccc3)CC(=O)N21. The number of carbonyl (C=O) groups is 2. The van der Waals surface area contributed by atoms with E-state index < -0.39 is 16.1 Å². The molecule has 2 saturated heterocycles. The first-order chi connectivity index (χ1) is 15.9. The Morgan fingerprint density at radius 1 is 1.12 bits per heavy atom. The minimum absolute atomic E-state index is 0.140. The quantitative estimate of drug-likeness (QED) is 0.568. The van der Waals surface area contributed by atoms with E-state index in [0.29, 0.717) is 24.9 Å². The predicted molar refractivity (Wildman–Crippen MR) is 122 cm³/mol. The fourth-order valence-electron chi connectivity index (χ4n) is 4.72. The Labute approximate surface area is 191 Å². The first-order valence-corrected chi connectivity index (χ1v) is 12.5. The van der Waals surface area contributed by atoms with Crippen LogP contribution in [0.4, 0.5) is 0 Å². The van der Waals surface area contributed by atoms with Crippen LogP contribution in [0.1, 0.15) is 24.0 Å². The summed E-state index contributed by atoms with van der Waals surface area (Å²) in [6.07, 6.45) is 2.74. The smallest absolute Gasteiger partial charge is 0.243 e. The molecular formula is C23H25N5O4S. The Morgan fingerprint density at radius 2 is 1.94 bits per heavy atom. The predicted octanol–water partition coefficient (Wildman–Crippen LogP) is 1.38. The van der Waals surface area contributed by atoms with E-state index in [1.54, 1.807) is 35.5 Å². The average molecular weight is 468 g/mol. The lowest BCUT2D eigenvalue weighted by molar-refractivity contribution is -0.143. The first kappa shape index (κ1) is 21.6. The molecule has 2 aliphatic rings. The molecule has 0 saturated carbocycles. The number of carbonyl (C=O) groups excluding carboxylic acids is 2. The Balaban J connectivity index is 1.22. The minimum atomic E-state index is -3.63. The Bertz CT molecular complexity index is 1290. The minimum Gasteiger partial charge on any atom is -0.350 e. The van der Waals surface area contributed by atoms with Gasteiger partial charge in [-0.25, -0.2) is 13.4 Å². The summed E-state index contributed by atoms with van der Waals surface area (Å²) >= 11 is 0. The van der Waals surface area contributed by atoms with Crippen LogP contribution in [-0.4, -0.2) is 64.6 Å². The van der Waals surface area contributed by atoms with Gasteiger partial charge in [-0.3, -0.25) is 9.59 Å². The van der Waals surface area contributed by atoms with Crippen molar-refractivity contribution in [3.8, 4) is 0 Å². The van der Waals surface area contributed by atoms with Crippen LogP contribution >= 0.6 is 0 Å². The number of imidazole rings is 1. The second-order valence-electron chi connectivity index (χ2n) is 8.55. The number of H-pyrrole nitrogens is 1. The number of rotatable bonds is 6. The van der Waals surface area contributed by atoms with E-state index in [2.05, 4.69) is 15.3 Å². The molecule has 2 amide bonds. The average Bonchev–Trinajstić information content (AvgIpc) is 3.44. The van der Waals surface area contributed by atoms with E-state index in [0.717, 1.165) is 16.6 Å². The van der Waals surface area contributed by atoms with Crippen molar-refractivity contribution in [2.24, 2.45) is 0 Å². The van der Waals surface area contributed by atoms with E-state index in [4.69, 9.17) is 0 Å². The van der Waals surface area contributed by atoms with Crippen molar-refractivity contribution in [1.82, 2.24) is 24.5 Å². The number of nitrogens with zero attached hydrogens (tertiary/aromatic N) is 3. The van der Waals surface area contributed by atoms with E-state index >= 15 is 0 Å². The van der Waals surface area contributed by atoms with Gasteiger partial charge in [0.05, 0.1) is 29.7 Å². The topological polar surface area (TPSA) is 115 Å². The molecular weight excluding hydrogens is 442 g/mol. The van der Waals surface area contributed by atoms with Gasteiger partial charge < -0.3 is 15.2 Å².